The Morgan fingerprint density at radius 1 is 1.50 bits per heavy atom. The third kappa shape index (κ3) is 2.50. The average molecular weight is 201 g/mol. The van der Waals surface area contributed by atoms with E-state index in [1.54, 1.807) is 0 Å². The molecule has 0 aromatic heterocycles. The van der Waals surface area contributed by atoms with E-state index in [1.807, 2.05) is 0 Å². The summed E-state index contributed by atoms with van der Waals surface area (Å²) in [7, 11) is 1.38. The summed E-state index contributed by atoms with van der Waals surface area (Å²) in [6.45, 7) is -0.0468. The molecule has 3 nitrogen and oxygen atoms in total. The Hall–Kier alpha value is -1.49. The number of hydrogen-bond donors (Lipinski definition) is 1. The van der Waals surface area contributed by atoms with Crippen LogP contribution in [0.4, 0.5) is 8.78 Å². The number of ether oxygens (including phenoxy) is 1. The smallest absolute Gasteiger partial charge is 0.256 e. The van der Waals surface area contributed by atoms with Gasteiger partial charge in [-0.05, 0) is 18.2 Å². The van der Waals surface area contributed by atoms with Crippen LogP contribution in [0.3, 0.4) is 0 Å². The Bertz CT molecular complexity index is 342. The fourth-order valence-electron chi connectivity index (χ4n) is 0.904. The maximum atomic E-state index is 13.0. The molecule has 1 N–H and O–H groups in total. The van der Waals surface area contributed by atoms with Gasteiger partial charge in [0, 0.05) is 7.11 Å². The maximum absolute atomic E-state index is 13.0. The van der Waals surface area contributed by atoms with Crippen LogP contribution in [-0.2, 0) is 4.74 Å². The molecule has 0 saturated carbocycles. The molecule has 0 fully saturated rings. The predicted molar refractivity (Wildman–Crippen MR) is 45.7 cm³/mol. The van der Waals surface area contributed by atoms with Crippen molar-refractivity contribution in [3.05, 3.63) is 35.4 Å². The Morgan fingerprint density at radius 2 is 2.21 bits per heavy atom. The molecule has 0 unspecified atom stereocenters. The van der Waals surface area contributed by atoms with Gasteiger partial charge in [0.15, 0.2) is 0 Å². The van der Waals surface area contributed by atoms with Gasteiger partial charge in [-0.2, -0.15) is 0 Å². The molecule has 1 amide bonds. The van der Waals surface area contributed by atoms with Gasteiger partial charge in [-0.25, -0.2) is 8.78 Å². The molecule has 0 bridgehead atoms. The van der Waals surface area contributed by atoms with Crippen LogP contribution in [0.25, 0.3) is 0 Å². The lowest BCUT2D eigenvalue weighted by Crippen LogP contribution is -2.26. The highest BCUT2D eigenvalue weighted by Crippen LogP contribution is 2.09. The zero-order chi connectivity index (χ0) is 10.6. The van der Waals surface area contributed by atoms with Crippen LogP contribution in [0.2, 0.25) is 0 Å². The lowest BCUT2D eigenvalue weighted by Gasteiger charge is -2.04. The van der Waals surface area contributed by atoms with E-state index in [0.717, 1.165) is 18.2 Å². The van der Waals surface area contributed by atoms with Gasteiger partial charge in [-0.15, -0.1) is 0 Å². The molecule has 14 heavy (non-hydrogen) atoms. The number of halogens is 2. The molecular formula is C9H9F2NO2. The Balaban J connectivity index is 2.83. The molecule has 5 heteroatoms. The Kier molecular flexibility index (Phi) is 3.53. The lowest BCUT2D eigenvalue weighted by atomic mass is 10.2. The molecule has 0 atom stereocenters. The number of nitrogens with one attached hydrogen (secondary N) is 1. The first-order valence-corrected chi connectivity index (χ1v) is 3.87. The second-order valence-electron chi connectivity index (χ2n) is 2.56. The predicted octanol–water partition coefficient (Wildman–Crippen LogP) is 1.30. The molecular weight excluding hydrogens is 192 g/mol. The molecule has 76 valence electrons. The number of carbonyl (C=O) groups excluding carboxylic acids is 1. The second-order valence-corrected chi connectivity index (χ2v) is 2.56. The zero-order valence-electron chi connectivity index (χ0n) is 7.51. The van der Waals surface area contributed by atoms with Crippen molar-refractivity contribution >= 4 is 5.91 Å². The summed E-state index contributed by atoms with van der Waals surface area (Å²) in [5.74, 6) is -2.13. The van der Waals surface area contributed by atoms with Gasteiger partial charge < -0.3 is 10.1 Å². The van der Waals surface area contributed by atoms with Gasteiger partial charge in [0.2, 0.25) is 0 Å². The van der Waals surface area contributed by atoms with Crippen LogP contribution in [0, 0.1) is 11.6 Å². The first-order valence-electron chi connectivity index (χ1n) is 3.87. The summed E-state index contributed by atoms with van der Waals surface area (Å²) in [6.07, 6.45) is 0. The van der Waals surface area contributed by atoms with E-state index in [2.05, 4.69) is 10.1 Å². The van der Waals surface area contributed by atoms with Gasteiger partial charge in [-0.3, -0.25) is 4.79 Å². The topological polar surface area (TPSA) is 38.3 Å². The van der Waals surface area contributed by atoms with Crippen molar-refractivity contribution in [2.24, 2.45) is 0 Å². The average Bonchev–Trinajstić information content (AvgIpc) is 2.18. The lowest BCUT2D eigenvalue weighted by molar-refractivity contribution is 0.0867. The van der Waals surface area contributed by atoms with Crippen molar-refractivity contribution in [2.75, 3.05) is 13.8 Å². The Morgan fingerprint density at radius 3 is 2.86 bits per heavy atom. The fraction of sp³-hybridized carbons (Fsp3) is 0.222. The van der Waals surface area contributed by atoms with E-state index in [-0.39, 0.29) is 12.3 Å². The number of rotatable bonds is 3. The van der Waals surface area contributed by atoms with Crippen LogP contribution in [0.5, 0.6) is 0 Å². The van der Waals surface area contributed by atoms with E-state index in [0.29, 0.717) is 0 Å². The van der Waals surface area contributed by atoms with Crippen LogP contribution in [0.1, 0.15) is 10.4 Å². The standard InChI is InChI=1S/C9H9F2NO2/c1-14-5-12-9(13)7-4-6(10)2-3-8(7)11/h2-4H,5H2,1H3,(H,12,13). The van der Waals surface area contributed by atoms with Crippen LogP contribution in [0.15, 0.2) is 18.2 Å². The molecule has 1 aromatic carbocycles. The van der Waals surface area contributed by atoms with Crippen molar-refractivity contribution in [1.82, 2.24) is 5.32 Å². The van der Waals surface area contributed by atoms with Gasteiger partial charge in [0.05, 0.1) is 5.56 Å². The largest absolute Gasteiger partial charge is 0.364 e. The Labute approximate surface area is 79.7 Å². The van der Waals surface area contributed by atoms with Crippen molar-refractivity contribution in [1.29, 1.82) is 0 Å². The molecule has 0 radical (unpaired) electrons. The number of benzene rings is 1. The first kappa shape index (κ1) is 10.6. The summed E-state index contributed by atoms with van der Waals surface area (Å²) in [4.78, 5) is 11.2. The number of amides is 1. The number of methoxy groups -OCH3 is 1. The normalized spacial score (nSPS) is 9.93. The highest BCUT2D eigenvalue weighted by molar-refractivity contribution is 5.94. The number of hydrogen-bond acceptors (Lipinski definition) is 2. The van der Waals surface area contributed by atoms with Crippen LogP contribution in [-0.4, -0.2) is 19.7 Å². The quantitative estimate of drug-likeness (QED) is 0.748. The van der Waals surface area contributed by atoms with E-state index >= 15 is 0 Å². The van der Waals surface area contributed by atoms with Crippen LogP contribution >= 0.6 is 0 Å². The minimum atomic E-state index is -0.764. The van der Waals surface area contributed by atoms with Gasteiger partial charge >= 0.3 is 0 Å². The molecule has 1 aromatic rings. The van der Waals surface area contributed by atoms with Crippen molar-refractivity contribution in [3.63, 3.8) is 0 Å². The van der Waals surface area contributed by atoms with Crippen molar-refractivity contribution in [2.45, 2.75) is 0 Å². The highest BCUT2D eigenvalue weighted by atomic mass is 19.1. The van der Waals surface area contributed by atoms with Gasteiger partial charge in [0.25, 0.3) is 5.91 Å². The van der Waals surface area contributed by atoms with E-state index in [4.69, 9.17) is 0 Å². The van der Waals surface area contributed by atoms with Crippen molar-refractivity contribution in [3.8, 4) is 0 Å². The zero-order valence-corrected chi connectivity index (χ0v) is 7.51. The third-order valence-corrected chi connectivity index (χ3v) is 1.55. The summed E-state index contributed by atoms with van der Waals surface area (Å²) in [5.41, 5.74) is -0.331. The molecule has 0 spiro atoms. The molecule has 0 aliphatic carbocycles. The van der Waals surface area contributed by atoms with E-state index in [1.165, 1.54) is 7.11 Å². The van der Waals surface area contributed by atoms with Crippen molar-refractivity contribution < 1.29 is 18.3 Å². The SMILES string of the molecule is COCNC(=O)c1cc(F)ccc1F. The maximum Gasteiger partial charge on any atom is 0.256 e. The molecule has 0 aliphatic heterocycles. The highest BCUT2D eigenvalue weighted by Gasteiger charge is 2.11. The minimum Gasteiger partial charge on any atom is -0.364 e. The summed E-state index contributed by atoms with van der Waals surface area (Å²) < 4.78 is 30.2. The fourth-order valence-corrected chi connectivity index (χ4v) is 0.904. The second kappa shape index (κ2) is 4.66. The third-order valence-electron chi connectivity index (χ3n) is 1.55. The first-order chi connectivity index (χ1) is 6.65. The summed E-state index contributed by atoms with van der Waals surface area (Å²) >= 11 is 0. The van der Waals surface area contributed by atoms with Crippen LogP contribution < -0.4 is 5.32 Å². The molecule has 0 heterocycles. The molecule has 0 aliphatic rings. The number of carbonyl (C=O) groups is 1. The molecule has 0 saturated heterocycles. The molecule has 1 rings (SSSR count). The monoisotopic (exact) mass is 201 g/mol. The van der Waals surface area contributed by atoms with Gasteiger partial charge in [-0.1, -0.05) is 0 Å². The van der Waals surface area contributed by atoms with E-state index < -0.39 is 17.5 Å². The van der Waals surface area contributed by atoms with Gasteiger partial charge in [0.1, 0.15) is 18.4 Å². The summed E-state index contributed by atoms with van der Waals surface area (Å²) in [6, 6.07) is 2.68. The summed E-state index contributed by atoms with van der Waals surface area (Å²) in [5, 5.41) is 2.25. The van der Waals surface area contributed by atoms with E-state index in [9.17, 15) is 13.6 Å². The minimum absolute atomic E-state index is 0.0468.